The molecule has 17 heavy (non-hydrogen) atoms. The Bertz CT molecular complexity index is 485. The second-order valence-electron chi connectivity index (χ2n) is 3.47. The van der Waals surface area contributed by atoms with Crippen LogP contribution in [0.15, 0.2) is 60.7 Å². The van der Waals surface area contributed by atoms with Crippen molar-refractivity contribution in [3.05, 3.63) is 60.7 Å². The number of anilines is 2. The van der Waals surface area contributed by atoms with E-state index >= 15 is 0 Å². The number of benzene rings is 2. The molecule has 0 bridgehead atoms. The first-order valence-corrected chi connectivity index (χ1v) is 5.66. The normalized spacial score (nSPS) is 9.71. The van der Waals surface area contributed by atoms with Crippen LogP contribution in [0.1, 0.15) is 0 Å². The van der Waals surface area contributed by atoms with Gasteiger partial charge in [0.05, 0.1) is 11.4 Å². The standard InChI is InChI=1S/C13H13N3S/c14-13(17)16(12-9-5-2-6-10-12)15-11-7-3-1-4-8-11/h1-10,15H,(H2,14,17). The van der Waals surface area contributed by atoms with Gasteiger partial charge in [-0.1, -0.05) is 36.4 Å². The smallest absolute Gasteiger partial charge is 0.176 e. The van der Waals surface area contributed by atoms with Gasteiger partial charge in [0.25, 0.3) is 0 Å². The Balaban J connectivity index is 2.23. The minimum Gasteiger partial charge on any atom is -0.292 e. The number of hydrogen-bond donors (Lipinski definition) is 3. The summed E-state index contributed by atoms with van der Waals surface area (Å²) in [5, 5.41) is 9.41. The van der Waals surface area contributed by atoms with Gasteiger partial charge in [-0.2, -0.15) is 0 Å². The van der Waals surface area contributed by atoms with Gasteiger partial charge in [-0.15, -0.1) is 12.6 Å². The molecule has 3 nitrogen and oxygen atoms in total. The Kier molecular flexibility index (Phi) is 3.67. The average Bonchev–Trinajstić information content (AvgIpc) is 2.38. The largest absolute Gasteiger partial charge is 0.292 e. The molecular formula is C13H13N3S. The van der Waals surface area contributed by atoms with Crippen LogP contribution in [0.2, 0.25) is 0 Å². The number of nitrogens with zero attached hydrogens (tertiary/aromatic N) is 1. The van der Waals surface area contributed by atoms with Crippen LogP contribution in [0.25, 0.3) is 0 Å². The summed E-state index contributed by atoms with van der Waals surface area (Å²) < 4.78 is 0. The van der Waals surface area contributed by atoms with Crippen molar-refractivity contribution >= 4 is 29.2 Å². The van der Waals surface area contributed by atoms with Crippen LogP contribution in [0.5, 0.6) is 0 Å². The molecule has 0 saturated heterocycles. The summed E-state index contributed by atoms with van der Waals surface area (Å²) in [5.74, 6) is 0. The third-order valence-electron chi connectivity index (χ3n) is 2.24. The molecule has 2 aromatic carbocycles. The fraction of sp³-hybridized carbons (Fsp3) is 0. The van der Waals surface area contributed by atoms with E-state index in [1.165, 1.54) is 0 Å². The van der Waals surface area contributed by atoms with Crippen molar-refractivity contribution in [1.29, 1.82) is 5.41 Å². The zero-order valence-electron chi connectivity index (χ0n) is 9.17. The van der Waals surface area contributed by atoms with Crippen molar-refractivity contribution in [2.24, 2.45) is 0 Å². The van der Waals surface area contributed by atoms with Crippen molar-refractivity contribution in [2.75, 3.05) is 10.4 Å². The van der Waals surface area contributed by atoms with Crippen LogP contribution in [0, 0.1) is 5.41 Å². The summed E-state index contributed by atoms with van der Waals surface area (Å²) in [5.41, 5.74) is 4.91. The van der Waals surface area contributed by atoms with Gasteiger partial charge >= 0.3 is 0 Å². The third-order valence-corrected chi connectivity index (χ3v) is 2.44. The van der Waals surface area contributed by atoms with E-state index in [4.69, 9.17) is 5.41 Å². The van der Waals surface area contributed by atoms with E-state index in [0.717, 1.165) is 11.4 Å². The first-order chi connectivity index (χ1) is 8.27. The predicted molar refractivity (Wildman–Crippen MR) is 75.7 cm³/mol. The Morgan fingerprint density at radius 3 is 2.00 bits per heavy atom. The van der Waals surface area contributed by atoms with Gasteiger partial charge in [0.15, 0.2) is 5.17 Å². The van der Waals surface area contributed by atoms with Gasteiger partial charge in [0.2, 0.25) is 0 Å². The first-order valence-electron chi connectivity index (χ1n) is 5.22. The minimum atomic E-state index is 0.139. The van der Waals surface area contributed by atoms with Gasteiger partial charge in [0.1, 0.15) is 0 Å². The molecule has 0 radical (unpaired) electrons. The molecule has 0 aliphatic heterocycles. The topological polar surface area (TPSA) is 39.1 Å². The van der Waals surface area contributed by atoms with E-state index in [0.29, 0.717) is 0 Å². The molecule has 0 aliphatic rings. The Hall–Kier alpha value is -1.94. The molecule has 0 amide bonds. The van der Waals surface area contributed by atoms with Crippen molar-refractivity contribution in [1.82, 2.24) is 0 Å². The minimum absolute atomic E-state index is 0.139. The van der Waals surface area contributed by atoms with Gasteiger partial charge in [0, 0.05) is 0 Å². The molecule has 0 aliphatic carbocycles. The van der Waals surface area contributed by atoms with Crippen LogP contribution in [0.4, 0.5) is 11.4 Å². The summed E-state index contributed by atoms with van der Waals surface area (Å²) in [6.07, 6.45) is 0. The summed E-state index contributed by atoms with van der Waals surface area (Å²) >= 11 is 4.08. The quantitative estimate of drug-likeness (QED) is 0.335. The SMILES string of the molecule is N=C(S)N(Nc1ccccc1)c1ccccc1. The Morgan fingerprint density at radius 2 is 1.47 bits per heavy atom. The van der Waals surface area contributed by atoms with E-state index in [2.05, 4.69) is 18.1 Å². The Labute approximate surface area is 106 Å². The molecular weight excluding hydrogens is 230 g/mol. The molecule has 0 aromatic heterocycles. The highest BCUT2D eigenvalue weighted by atomic mass is 32.1. The predicted octanol–water partition coefficient (Wildman–Crippen LogP) is 3.38. The second-order valence-corrected chi connectivity index (χ2v) is 3.90. The number of hydrazine groups is 1. The molecule has 0 atom stereocenters. The molecule has 2 rings (SSSR count). The van der Waals surface area contributed by atoms with Crippen molar-refractivity contribution < 1.29 is 0 Å². The van der Waals surface area contributed by atoms with Crippen LogP contribution in [0.3, 0.4) is 0 Å². The second kappa shape index (κ2) is 5.41. The van der Waals surface area contributed by atoms with Crippen LogP contribution in [-0.4, -0.2) is 5.17 Å². The molecule has 86 valence electrons. The lowest BCUT2D eigenvalue weighted by Crippen LogP contribution is -2.32. The number of rotatable bonds is 3. The summed E-state index contributed by atoms with van der Waals surface area (Å²) in [6, 6.07) is 19.3. The number of amidine groups is 1. The monoisotopic (exact) mass is 243 g/mol. The summed E-state index contributed by atoms with van der Waals surface area (Å²) in [7, 11) is 0. The average molecular weight is 243 g/mol. The maximum Gasteiger partial charge on any atom is 0.176 e. The molecule has 2 aromatic rings. The lowest BCUT2D eigenvalue weighted by atomic mass is 10.3. The summed E-state index contributed by atoms with van der Waals surface area (Å²) in [4.78, 5) is 0. The van der Waals surface area contributed by atoms with Crippen molar-refractivity contribution in [3.63, 3.8) is 0 Å². The van der Waals surface area contributed by atoms with Crippen molar-refractivity contribution in [2.45, 2.75) is 0 Å². The van der Waals surface area contributed by atoms with Gasteiger partial charge in [-0.3, -0.25) is 10.8 Å². The van der Waals surface area contributed by atoms with E-state index in [-0.39, 0.29) is 5.17 Å². The van der Waals surface area contributed by atoms with Gasteiger partial charge in [-0.25, -0.2) is 5.01 Å². The van der Waals surface area contributed by atoms with E-state index in [1.807, 2.05) is 60.7 Å². The van der Waals surface area contributed by atoms with Crippen LogP contribution >= 0.6 is 12.6 Å². The number of thiol groups is 1. The molecule has 0 heterocycles. The maximum absolute atomic E-state index is 7.67. The lowest BCUT2D eigenvalue weighted by molar-refractivity contribution is 1.21. The highest BCUT2D eigenvalue weighted by molar-refractivity contribution is 7.97. The third kappa shape index (κ3) is 3.01. The Morgan fingerprint density at radius 1 is 0.941 bits per heavy atom. The van der Waals surface area contributed by atoms with E-state index in [9.17, 15) is 0 Å². The van der Waals surface area contributed by atoms with E-state index in [1.54, 1.807) is 5.01 Å². The van der Waals surface area contributed by atoms with Gasteiger partial charge in [-0.05, 0) is 24.3 Å². The molecule has 4 heteroatoms. The maximum atomic E-state index is 7.67. The highest BCUT2D eigenvalue weighted by Crippen LogP contribution is 2.17. The molecule has 0 saturated carbocycles. The fourth-order valence-corrected chi connectivity index (χ4v) is 1.62. The molecule has 0 fully saturated rings. The number of nitrogens with one attached hydrogen (secondary N) is 2. The number of hydrogen-bond acceptors (Lipinski definition) is 2. The highest BCUT2D eigenvalue weighted by Gasteiger charge is 2.08. The molecule has 2 N–H and O–H groups in total. The zero-order chi connectivity index (χ0) is 12.1. The van der Waals surface area contributed by atoms with E-state index < -0.39 is 0 Å². The molecule has 0 spiro atoms. The zero-order valence-corrected chi connectivity index (χ0v) is 10.1. The number of para-hydroxylation sites is 2. The van der Waals surface area contributed by atoms with Crippen LogP contribution in [-0.2, 0) is 0 Å². The summed E-state index contributed by atoms with van der Waals surface area (Å²) in [6.45, 7) is 0. The fourth-order valence-electron chi connectivity index (χ4n) is 1.46. The van der Waals surface area contributed by atoms with Crippen LogP contribution < -0.4 is 10.4 Å². The lowest BCUT2D eigenvalue weighted by Gasteiger charge is -2.24. The van der Waals surface area contributed by atoms with Crippen molar-refractivity contribution in [3.8, 4) is 0 Å². The van der Waals surface area contributed by atoms with Gasteiger partial charge < -0.3 is 0 Å². The molecule has 0 unspecified atom stereocenters. The first kappa shape index (κ1) is 11.5.